The highest BCUT2D eigenvalue weighted by Gasteiger charge is 2.52. The number of allylic oxidation sites excluding steroid dienone is 1. The Labute approximate surface area is 129 Å². The Morgan fingerprint density at radius 1 is 1.14 bits per heavy atom. The molecule has 0 atom stereocenters. The first kappa shape index (κ1) is 14.1. The van der Waals surface area contributed by atoms with Gasteiger partial charge in [-0.15, -0.1) is 5.11 Å². The van der Waals surface area contributed by atoms with Gasteiger partial charge in [-0.2, -0.15) is 5.11 Å². The van der Waals surface area contributed by atoms with Crippen molar-refractivity contribution < 1.29 is 14.3 Å². The Morgan fingerprint density at radius 2 is 1.86 bits per heavy atom. The smallest absolute Gasteiger partial charge is 0.162 e. The molecule has 1 spiro atoms. The average molecular weight is 303 g/mol. The van der Waals surface area contributed by atoms with Gasteiger partial charge in [-0.05, 0) is 11.8 Å². The summed E-state index contributed by atoms with van der Waals surface area (Å²) < 4.78 is 11.6. The summed E-state index contributed by atoms with van der Waals surface area (Å²) in [6.45, 7) is 6.85. The second-order valence-electron chi connectivity index (χ2n) is 7.33. The Kier molecular flexibility index (Phi) is 3.03. The molecule has 1 saturated heterocycles. The Hall–Kier alpha value is -1.53. The molecule has 6 heteroatoms. The maximum Gasteiger partial charge on any atom is 0.162 e. The predicted octanol–water partition coefficient (Wildman–Crippen LogP) is 1.94. The van der Waals surface area contributed by atoms with Crippen LogP contribution in [-0.4, -0.2) is 38.8 Å². The number of dihydropyridines is 1. The minimum atomic E-state index is -0.510. The van der Waals surface area contributed by atoms with E-state index in [4.69, 9.17) is 9.47 Å². The predicted molar refractivity (Wildman–Crippen MR) is 79.0 cm³/mol. The number of fused-ring (bicyclic) bond motifs is 2. The molecule has 0 radical (unpaired) electrons. The van der Waals surface area contributed by atoms with Crippen LogP contribution in [0.15, 0.2) is 32.9 Å². The fourth-order valence-corrected chi connectivity index (χ4v) is 4.04. The number of Topliss-reactive ketones (excluding diaryl/α,β-unsaturated/α-hetero) is 1. The molecule has 0 aromatic heterocycles. The van der Waals surface area contributed by atoms with Crippen molar-refractivity contribution in [1.82, 2.24) is 5.32 Å². The molecule has 4 rings (SSSR count). The number of ketones is 1. The number of azo groups is 1. The number of hydrogen-bond donors (Lipinski definition) is 1. The molecule has 4 aliphatic rings. The summed E-state index contributed by atoms with van der Waals surface area (Å²) in [6.07, 6.45) is 1.40. The van der Waals surface area contributed by atoms with E-state index >= 15 is 0 Å². The van der Waals surface area contributed by atoms with Crippen molar-refractivity contribution in [2.75, 3.05) is 33.0 Å². The maximum atomic E-state index is 12.9. The van der Waals surface area contributed by atoms with Crippen LogP contribution in [0.25, 0.3) is 0 Å². The summed E-state index contributed by atoms with van der Waals surface area (Å²) >= 11 is 0. The lowest BCUT2D eigenvalue weighted by molar-refractivity contribution is -0.120. The summed E-state index contributed by atoms with van der Waals surface area (Å²) in [4.78, 5) is 12.9. The summed E-state index contributed by atoms with van der Waals surface area (Å²) in [6, 6.07) is 0. The van der Waals surface area contributed by atoms with Crippen molar-refractivity contribution in [2.45, 2.75) is 26.7 Å². The van der Waals surface area contributed by atoms with Gasteiger partial charge in [0.25, 0.3) is 0 Å². The summed E-state index contributed by atoms with van der Waals surface area (Å²) in [5.41, 5.74) is 2.32. The van der Waals surface area contributed by atoms with E-state index in [0.29, 0.717) is 39.4 Å². The zero-order chi connectivity index (χ0) is 15.4. The Bertz CT molecular complexity index is 623. The van der Waals surface area contributed by atoms with Gasteiger partial charge >= 0.3 is 0 Å². The van der Waals surface area contributed by atoms with Gasteiger partial charge in [0.15, 0.2) is 11.6 Å². The van der Waals surface area contributed by atoms with E-state index in [1.165, 1.54) is 0 Å². The van der Waals surface area contributed by atoms with Crippen LogP contribution in [0.4, 0.5) is 0 Å². The van der Waals surface area contributed by atoms with Crippen molar-refractivity contribution in [3.05, 3.63) is 22.7 Å². The molecule has 6 nitrogen and oxygen atoms in total. The number of rotatable bonds is 0. The number of nitrogens with one attached hydrogen (secondary N) is 1. The second kappa shape index (κ2) is 4.73. The molecule has 1 N–H and O–H groups in total. The molecule has 3 heterocycles. The molecule has 22 heavy (non-hydrogen) atoms. The van der Waals surface area contributed by atoms with Gasteiger partial charge in [0, 0.05) is 23.3 Å². The molecule has 118 valence electrons. The van der Waals surface area contributed by atoms with Crippen LogP contribution in [0.1, 0.15) is 26.7 Å². The van der Waals surface area contributed by atoms with E-state index in [2.05, 4.69) is 29.4 Å². The van der Waals surface area contributed by atoms with Gasteiger partial charge in [-0.3, -0.25) is 4.79 Å². The van der Waals surface area contributed by atoms with Crippen molar-refractivity contribution in [3.63, 3.8) is 0 Å². The van der Waals surface area contributed by atoms with Crippen molar-refractivity contribution >= 4 is 5.78 Å². The molecular weight excluding hydrogens is 282 g/mol. The first-order valence-electron chi connectivity index (χ1n) is 7.82. The molecule has 0 aromatic rings. The Balaban J connectivity index is 1.86. The minimum absolute atomic E-state index is 0.0373. The zero-order valence-corrected chi connectivity index (χ0v) is 13.1. The van der Waals surface area contributed by atoms with Gasteiger partial charge in [0.1, 0.15) is 0 Å². The largest absolute Gasteiger partial charge is 0.378 e. The van der Waals surface area contributed by atoms with Crippen molar-refractivity contribution in [3.8, 4) is 0 Å². The van der Waals surface area contributed by atoms with Crippen LogP contribution in [0, 0.1) is 10.8 Å². The molecule has 0 unspecified atom stereocenters. The number of nitrogens with zero attached hydrogens (tertiary/aromatic N) is 2. The summed E-state index contributed by atoms with van der Waals surface area (Å²) in [7, 11) is 0. The van der Waals surface area contributed by atoms with Crippen molar-refractivity contribution in [1.29, 1.82) is 0 Å². The molecule has 0 amide bonds. The van der Waals surface area contributed by atoms with Crippen LogP contribution in [-0.2, 0) is 14.3 Å². The standard InChI is InChI=1S/C16H21N3O3/c1-15(2)5-11-13(12(20)6-15)16(8-21-3-4-22-9-16)10-7-17-19-14(10)18-11/h18H,3-9H2,1-2H3. The fourth-order valence-electron chi connectivity index (χ4n) is 4.04. The van der Waals surface area contributed by atoms with Crippen LogP contribution in [0.2, 0.25) is 0 Å². The quantitative estimate of drug-likeness (QED) is 0.742. The first-order chi connectivity index (χ1) is 10.5. The number of ether oxygens (including phenoxy) is 2. The highest BCUT2D eigenvalue weighted by Crippen LogP contribution is 2.50. The highest BCUT2D eigenvalue weighted by molar-refractivity contribution is 6.00. The molecule has 0 saturated carbocycles. The zero-order valence-electron chi connectivity index (χ0n) is 13.1. The topological polar surface area (TPSA) is 72.3 Å². The molecule has 3 aliphatic heterocycles. The average Bonchev–Trinajstić information content (AvgIpc) is 2.77. The fraction of sp³-hybridized carbons (Fsp3) is 0.688. The van der Waals surface area contributed by atoms with E-state index < -0.39 is 5.41 Å². The van der Waals surface area contributed by atoms with Crippen molar-refractivity contribution in [2.24, 2.45) is 21.1 Å². The van der Waals surface area contributed by atoms with E-state index in [0.717, 1.165) is 29.1 Å². The normalized spacial score (nSPS) is 29.3. The Morgan fingerprint density at radius 3 is 2.59 bits per heavy atom. The van der Waals surface area contributed by atoms with Gasteiger partial charge in [-0.1, -0.05) is 13.8 Å². The molecule has 1 fully saturated rings. The van der Waals surface area contributed by atoms with Gasteiger partial charge in [0.2, 0.25) is 0 Å². The summed E-state index contributed by atoms with van der Waals surface area (Å²) in [5.74, 6) is 0.990. The third kappa shape index (κ3) is 1.97. The SMILES string of the molecule is CC1(C)CC(=O)C2=C(C1)NC1=C(CN=N1)C21COCCOC1. The van der Waals surface area contributed by atoms with E-state index in [9.17, 15) is 4.79 Å². The van der Waals surface area contributed by atoms with Crippen LogP contribution in [0.5, 0.6) is 0 Å². The highest BCUT2D eigenvalue weighted by atomic mass is 16.5. The van der Waals surface area contributed by atoms with Crippen LogP contribution in [0.3, 0.4) is 0 Å². The maximum absolute atomic E-state index is 12.9. The number of carbonyl (C=O) groups is 1. The molecular formula is C16H21N3O3. The van der Waals surface area contributed by atoms with Gasteiger partial charge < -0.3 is 14.8 Å². The lowest BCUT2D eigenvalue weighted by Gasteiger charge is -2.44. The third-order valence-corrected chi connectivity index (χ3v) is 4.95. The second-order valence-corrected chi connectivity index (χ2v) is 7.33. The molecule has 0 aromatic carbocycles. The molecule has 0 bridgehead atoms. The minimum Gasteiger partial charge on any atom is -0.378 e. The van der Waals surface area contributed by atoms with Crippen LogP contribution < -0.4 is 5.32 Å². The number of carbonyl (C=O) groups excluding carboxylic acids is 1. The van der Waals surface area contributed by atoms with Gasteiger partial charge in [0.05, 0.1) is 38.4 Å². The monoisotopic (exact) mass is 303 g/mol. The number of hydrogen-bond acceptors (Lipinski definition) is 6. The third-order valence-electron chi connectivity index (χ3n) is 4.95. The lowest BCUT2D eigenvalue weighted by Crippen LogP contribution is -2.47. The van der Waals surface area contributed by atoms with Gasteiger partial charge in [-0.25, -0.2) is 0 Å². The first-order valence-corrected chi connectivity index (χ1v) is 7.82. The van der Waals surface area contributed by atoms with E-state index in [-0.39, 0.29) is 11.2 Å². The summed E-state index contributed by atoms with van der Waals surface area (Å²) in [5, 5.41) is 11.8. The lowest BCUT2D eigenvalue weighted by atomic mass is 9.64. The van der Waals surface area contributed by atoms with Crippen LogP contribution >= 0.6 is 0 Å². The van der Waals surface area contributed by atoms with E-state index in [1.54, 1.807) is 0 Å². The van der Waals surface area contributed by atoms with E-state index in [1.807, 2.05) is 0 Å². The molecule has 1 aliphatic carbocycles.